The molecule has 24 heavy (non-hydrogen) atoms. The van der Waals surface area contributed by atoms with Crippen LogP contribution < -0.4 is 4.72 Å². The minimum absolute atomic E-state index is 0.0695. The van der Waals surface area contributed by atoms with Crippen LogP contribution in [0.5, 0.6) is 0 Å². The molecular weight excluding hydrogens is 331 g/mol. The highest BCUT2D eigenvalue weighted by molar-refractivity contribution is 7.89. The summed E-state index contributed by atoms with van der Waals surface area (Å²) in [6, 6.07) is 12.9. The van der Waals surface area contributed by atoms with Crippen LogP contribution >= 0.6 is 0 Å². The molecule has 0 aliphatic rings. The van der Waals surface area contributed by atoms with E-state index in [4.69, 9.17) is 0 Å². The summed E-state index contributed by atoms with van der Waals surface area (Å²) in [6.45, 7) is 1.51. The topological polar surface area (TPSA) is 66.5 Å². The van der Waals surface area contributed by atoms with Crippen molar-refractivity contribution in [2.75, 3.05) is 13.6 Å². The van der Waals surface area contributed by atoms with Crippen molar-refractivity contribution in [3.05, 3.63) is 65.5 Å². The highest BCUT2D eigenvalue weighted by atomic mass is 32.2. The molecule has 0 aliphatic carbocycles. The maximum atomic E-state index is 13.2. The SMILES string of the molecule is Cc1cc(S(=O)(=O)NCC(=O)N(C)Cc2ccccc2)ccc1F. The van der Waals surface area contributed by atoms with E-state index in [1.54, 1.807) is 7.05 Å². The molecular formula is C17H19FN2O3S. The van der Waals surface area contributed by atoms with Gasteiger partial charge in [0.15, 0.2) is 0 Å². The third-order valence-corrected chi connectivity index (χ3v) is 4.94. The van der Waals surface area contributed by atoms with Gasteiger partial charge in [0.2, 0.25) is 15.9 Å². The molecule has 0 radical (unpaired) electrons. The molecule has 0 saturated carbocycles. The van der Waals surface area contributed by atoms with Crippen molar-refractivity contribution >= 4 is 15.9 Å². The molecule has 0 aromatic heterocycles. The predicted molar refractivity (Wildman–Crippen MR) is 89.2 cm³/mol. The third kappa shape index (κ3) is 4.62. The van der Waals surface area contributed by atoms with Crippen LogP contribution in [0.4, 0.5) is 4.39 Å². The molecule has 1 N–H and O–H groups in total. The van der Waals surface area contributed by atoms with Gasteiger partial charge in [-0.05, 0) is 36.2 Å². The second kappa shape index (κ2) is 7.55. The molecule has 0 heterocycles. The van der Waals surface area contributed by atoms with Gasteiger partial charge < -0.3 is 4.90 Å². The standard InChI is InChI=1S/C17H19FN2O3S/c1-13-10-15(8-9-16(13)18)24(22,23)19-11-17(21)20(2)12-14-6-4-3-5-7-14/h3-10,19H,11-12H2,1-2H3. The molecule has 2 rings (SSSR count). The van der Waals surface area contributed by atoms with Crippen LogP contribution in [0.1, 0.15) is 11.1 Å². The number of nitrogens with zero attached hydrogens (tertiary/aromatic N) is 1. The van der Waals surface area contributed by atoms with Gasteiger partial charge in [-0.2, -0.15) is 0 Å². The van der Waals surface area contributed by atoms with Gasteiger partial charge in [0.05, 0.1) is 11.4 Å². The Bertz CT molecular complexity index is 823. The second-order valence-corrected chi connectivity index (χ2v) is 7.24. The maximum Gasteiger partial charge on any atom is 0.241 e. The maximum absolute atomic E-state index is 13.2. The number of halogens is 1. The lowest BCUT2D eigenvalue weighted by atomic mass is 10.2. The van der Waals surface area contributed by atoms with Crippen molar-refractivity contribution < 1.29 is 17.6 Å². The molecule has 0 saturated heterocycles. The lowest BCUT2D eigenvalue weighted by molar-refractivity contribution is -0.129. The van der Waals surface area contributed by atoms with E-state index in [9.17, 15) is 17.6 Å². The number of benzene rings is 2. The Hall–Kier alpha value is -2.25. The van der Waals surface area contributed by atoms with Gasteiger partial charge in [-0.1, -0.05) is 30.3 Å². The van der Waals surface area contributed by atoms with Gasteiger partial charge in [0, 0.05) is 13.6 Å². The number of nitrogens with one attached hydrogen (secondary N) is 1. The highest BCUT2D eigenvalue weighted by Crippen LogP contribution is 2.14. The molecule has 2 aromatic carbocycles. The van der Waals surface area contributed by atoms with Crippen molar-refractivity contribution in [2.45, 2.75) is 18.4 Å². The Kier molecular flexibility index (Phi) is 5.69. The lowest BCUT2D eigenvalue weighted by Gasteiger charge is -2.17. The molecule has 7 heteroatoms. The van der Waals surface area contributed by atoms with Crippen molar-refractivity contribution in [2.24, 2.45) is 0 Å². The summed E-state index contributed by atoms with van der Waals surface area (Å²) in [5, 5.41) is 0. The first-order valence-corrected chi connectivity index (χ1v) is 8.81. The summed E-state index contributed by atoms with van der Waals surface area (Å²) in [5.41, 5.74) is 1.18. The quantitative estimate of drug-likeness (QED) is 0.867. The fourth-order valence-electron chi connectivity index (χ4n) is 2.10. The van der Waals surface area contributed by atoms with E-state index in [0.717, 1.165) is 11.6 Å². The lowest BCUT2D eigenvalue weighted by Crippen LogP contribution is -2.37. The van der Waals surface area contributed by atoms with Crippen LogP contribution in [-0.2, 0) is 21.4 Å². The summed E-state index contributed by atoms with van der Waals surface area (Å²) >= 11 is 0. The Morgan fingerprint density at radius 2 is 1.83 bits per heavy atom. The van der Waals surface area contributed by atoms with Crippen LogP contribution in [0.3, 0.4) is 0 Å². The largest absolute Gasteiger partial charge is 0.340 e. The Morgan fingerprint density at radius 3 is 2.46 bits per heavy atom. The Morgan fingerprint density at radius 1 is 1.17 bits per heavy atom. The molecule has 0 atom stereocenters. The number of rotatable bonds is 6. The number of likely N-dealkylation sites (N-methyl/N-ethyl adjacent to an activating group) is 1. The van der Waals surface area contributed by atoms with Crippen molar-refractivity contribution in [3.63, 3.8) is 0 Å². The average molecular weight is 350 g/mol. The zero-order valence-electron chi connectivity index (χ0n) is 13.5. The van der Waals surface area contributed by atoms with Crippen LogP contribution in [0, 0.1) is 12.7 Å². The van der Waals surface area contributed by atoms with E-state index in [0.29, 0.717) is 6.54 Å². The minimum Gasteiger partial charge on any atom is -0.340 e. The number of hydrogen-bond donors (Lipinski definition) is 1. The molecule has 5 nitrogen and oxygen atoms in total. The normalized spacial score (nSPS) is 11.3. The first-order valence-electron chi connectivity index (χ1n) is 7.33. The minimum atomic E-state index is -3.87. The van der Waals surface area contributed by atoms with Crippen LogP contribution in [-0.4, -0.2) is 32.8 Å². The summed E-state index contributed by atoms with van der Waals surface area (Å²) in [6.07, 6.45) is 0. The van der Waals surface area contributed by atoms with E-state index in [-0.39, 0.29) is 22.9 Å². The smallest absolute Gasteiger partial charge is 0.241 e. The van der Waals surface area contributed by atoms with Gasteiger partial charge in [0.1, 0.15) is 5.82 Å². The number of aryl methyl sites for hydroxylation is 1. The molecule has 0 aliphatic heterocycles. The predicted octanol–water partition coefficient (Wildman–Crippen LogP) is 2.07. The summed E-state index contributed by atoms with van der Waals surface area (Å²) in [5.74, 6) is -0.839. The van der Waals surface area contributed by atoms with Crippen LogP contribution in [0.25, 0.3) is 0 Å². The first-order chi connectivity index (χ1) is 11.3. The zero-order valence-corrected chi connectivity index (χ0v) is 14.3. The van der Waals surface area contributed by atoms with Gasteiger partial charge in [-0.3, -0.25) is 4.79 Å². The first kappa shape index (κ1) is 18.1. The second-order valence-electron chi connectivity index (χ2n) is 5.47. The fourth-order valence-corrected chi connectivity index (χ4v) is 3.16. The number of sulfonamides is 1. The molecule has 0 fully saturated rings. The van der Waals surface area contributed by atoms with E-state index in [1.807, 2.05) is 30.3 Å². The van der Waals surface area contributed by atoms with E-state index >= 15 is 0 Å². The van der Waals surface area contributed by atoms with Crippen molar-refractivity contribution in [1.82, 2.24) is 9.62 Å². The Labute approximate surface area is 141 Å². The molecule has 0 unspecified atom stereocenters. The van der Waals surface area contributed by atoms with E-state index in [1.165, 1.54) is 24.0 Å². The number of carbonyl (C=O) groups is 1. The highest BCUT2D eigenvalue weighted by Gasteiger charge is 2.18. The summed E-state index contributed by atoms with van der Waals surface area (Å²) < 4.78 is 39.8. The molecule has 2 aromatic rings. The van der Waals surface area contributed by atoms with E-state index in [2.05, 4.69) is 4.72 Å². The number of amides is 1. The van der Waals surface area contributed by atoms with E-state index < -0.39 is 15.8 Å². The van der Waals surface area contributed by atoms with Crippen LogP contribution in [0.2, 0.25) is 0 Å². The number of hydrogen-bond acceptors (Lipinski definition) is 3. The number of carbonyl (C=O) groups excluding carboxylic acids is 1. The molecule has 0 bridgehead atoms. The summed E-state index contributed by atoms with van der Waals surface area (Å²) in [4.78, 5) is 13.5. The molecule has 0 spiro atoms. The summed E-state index contributed by atoms with van der Waals surface area (Å²) in [7, 11) is -2.26. The van der Waals surface area contributed by atoms with Gasteiger partial charge >= 0.3 is 0 Å². The van der Waals surface area contributed by atoms with Crippen molar-refractivity contribution in [1.29, 1.82) is 0 Å². The molecule has 1 amide bonds. The molecule has 128 valence electrons. The van der Waals surface area contributed by atoms with Gasteiger partial charge in [-0.15, -0.1) is 0 Å². The van der Waals surface area contributed by atoms with Crippen LogP contribution in [0.15, 0.2) is 53.4 Å². The monoisotopic (exact) mass is 350 g/mol. The van der Waals surface area contributed by atoms with Gasteiger partial charge in [-0.25, -0.2) is 17.5 Å². The Balaban J connectivity index is 1.98. The zero-order chi connectivity index (χ0) is 17.7. The van der Waals surface area contributed by atoms with Crippen molar-refractivity contribution in [3.8, 4) is 0 Å². The fraction of sp³-hybridized carbons (Fsp3) is 0.235. The average Bonchev–Trinajstić information content (AvgIpc) is 2.56. The third-order valence-electron chi connectivity index (χ3n) is 3.54. The van der Waals surface area contributed by atoms with Gasteiger partial charge in [0.25, 0.3) is 0 Å².